The van der Waals surface area contributed by atoms with Gasteiger partial charge in [0.05, 0.1) is 17.5 Å². The van der Waals surface area contributed by atoms with Crippen LogP contribution in [-0.4, -0.2) is 38.8 Å². The first-order valence-electron chi connectivity index (χ1n) is 9.61. The van der Waals surface area contributed by atoms with Gasteiger partial charge in [-0.2, -0.15) is 5.10 Å². The van der Waals surface area contributed by atoms with Crippen LogP contribution in [0.25, 0.3) is 16.6 Å². The van der Waals surface area contributed by atoms with Crippen molar-refractivity contribution < 1.29 is 9.53 Å². The van der Waals surface area contributed by atoms with Crippen LogP contribution in [0, 0.1) is 13.8 Å². The van der Waals surface area contributed by atoms with Gasteiger partial charge in [-0.3, -0.25) is 4.79 Å². The second-order valence-electron chi connectivity index (χ2n) is 8.20. The van der Waals surface area contributed by atoms with E-state index in [0.717, 1.165) is 50.8 Å². The van der Waals surface area contributed by atoms with Gasteiger partial charge >= 0.3 is 0 Å². The van der Waals surface area contributed by atoms with Crippen molar-refractivity contribution in [1.82, 2.24) is 19.9 Å². The van der Waals surface area contributed by atoms with Crippen LogP contribution in [0.15, 0.2) is 22.7 Å². The fourth-order valence-corrected chi connectivity index (χ4v) is 4.40. The van der Waals surface area contributed by atoms with Gasteiger partial charge in [0.15, 0.2) is 5.65 Å². The van der Waals surface area contributed by atoms with E-state index in [4.69, 9.17) is 14.8 Å². The lowest BCUT2D eigenvalue weighted by Gasteiger charge is -2.35. The third-order valence-electron chi connectivity index (χ3n) is 5.47. The Morgan fingerprint density at radius 3 is 2.93 bits per heavy atom. The smallest absolute Gasteiger partial charge is 0.224 e. The molecule has 7 heteroatoms. The first kappa shape index (κ1) is 19.3. The van der Waals surface area contributed by atoms with Gasteiger partial charge in [-0.1, -0.05) is 15.9 Å². The van der Waals surface area contributed by atoms with Crippen molar-refractivity contribution in [3.8, 4) is 0 Å². The molecule has 0 radical (unpaired) electrons. The van der Waals surface area contributed by atoms with Crippen molar-refractivity contribution in [2.75, 3.05) is 6.61 Å². The Morgan fingerprint density at radius 1 is 1.39 bits per heavy atom. The lowest BCUT2D eigenvalue weighted by atomic mass is 9.93. The number of carbonyl (C=O) groups excluding carboxylic acids is 1. The number of amides is 1. The summed E-state index contributed by atoms with van der Waals surface area (Å²) in [6.07, 6.45) is 1.98. The van der Waals surface area contributed by atoms with E-state index in [0.29, 0.717) is 13.0 Å². The Hall–Kier alpha value is -1.99. The summed E-state index contributed by atoms with van der Waals surface area (Å²) in [5.41, 5.74) is 4.28. The van der Waals surface area contributed by atoms with Crippen LogP contribution in [0.1, 0.15) is 43.6 Å². The third-order valence-corrected chi connectivity index (χ3v) is 5.97. The number of rotatable bonds is 3. The number of nitrogens with one attached hydrogen (secondary N) is 1. The third kappa shape index (κ3) is 3.65. The maximum absolute atomic E-state index is 12.7. The highest BCUT2D eigenvalue weighted by Gasteiger charge is 2.30. The monoisotopic (exact) mass is 444 g/mol. The SMILES string of the molecule is Cc1nc2c3ccc(Br)cc3nn2c(C)c1CC(=O)N[C@H]1CCOC(C)(C)C1. The molecule has 1 atom stereocenters. The molecule has 148 valence electrons. The van der Waals surface area contributed by atoms with Gasteiger partial charge in [0.2, 0.25) is 5.91 Å². The van der Waals surface area contributed by atoms with E-state index >= 15 is 0 Å². The molecule has 3 heterocycles. The summed E-state index contributed by atoms with van der Waals surface area (Å²) in [5.74, 6) is 0.0227. The number of aromatic nitrogens is 3. The maximum atomic E-state index is 12.7. The molecular formula is C21H25BrN4O2. The minimum atomic E-state index is -0.189. The van der Waals surface area contributed by atoms with Crippen molar-refractivity contribution in [3.63, 3.8) is 0 Å². The van der Waals surface area contributed by atoms with Crippen molar-refractivity contribution in [1.29, 1.82) is 0 Å². The topological polar surface area (TPSA) is 68.5 Å². The number of benzene rings is 1. The van der Waals surface area contributed by atoms with E-state index < -0.39 is 0 Å². The van der Waals surface area contributed by atoms with Crippen molar-refractivity contribution in [2.45, 2.75) is 58.6 Å². The zero-order valence-corrected chi connectivity index (χ0v) is 18.3. The highest BCUT2D eigenvalue weighted by atomic mass is 79.9. The zero-order valence-electron chi connectivity index (χ0n) is 16.7. The number of ether oxygens (including phenoxy) is 1. The second kappa shape index (κ2) is 7.12. The number of hydrogen-bond donors (Lipinski definition) is 1. The molecule has 4 rings (SSSR count). The second-order valence-corrected chi connectivity index (χ2v) is 9.12. The highest BCUT2D eigenvalue weighted by molar-refractivity contribution is 9.10. The van der Waals surface area contributed by atoms with Crippen molar-refractivity contribution in [2.24, 2.45) is 0 Å². The van der Waals surface area contributed by atoms with Crippen molar-refractivity contribution in [3.05, 3.63) is 39.6 Å². The molecule has 28 heavy (non-hydrogen) atoms. The van der Waals surface area contributed by atoms with Gasteiger partial charge in [-0.15, -0.1) is 0 Å². The Kier molecular flexibility index (Phi) is 4.91. The summed E-state index contributed by atoms with van der Waals surface area (Å²) in [6.45, 7) is 8.78. The molecule has 1 aliphatic rings. The normalized spacial score (nSPS) is 19.2. The van der Waals surface area contributed by atoms with Crippen molar-refractivity contribution >= 4 is 38.4 Å². The fraction of sp³-hybridized carbons (Fsp3) is 0.476. The number of hydrogen-bond acceptors (Lipinski definition) is 4. The predicted molar refractivity (Wildman–Crippen MR) is 113 cm³/mol. The maximum Gasteiger partial charge on any atom is 0.224 e. The van der Waals surface area contributed by atoms with Crippen LogP contribution in [0.3, 0.4) is 0 Å². The van der Waals surface area contributed by atoms with E-state index in [1.165, 1.54) is 0 Å². The van der Waals surface area contributed by atoms with E-state index in [9.17, 15) is 4.79 Å². The summed E-state index contributed by atoms with van der Waals surface area (Å²) >= 11 is 3.49. The van der Waals surface area contributed by atoms with E-state index in [-0.39, 0.29) is 17.6 Å². The van der Waals surface area contributed by atoms with Crippen LogP contribution in [0.4, 0.5) is 0 Å². The lowest BCUT2D eigenvalue weighted by molar-refractivity contribution is -0.123. The van der Waals surface area contributed by atoms with E-state index in [1.807, 2.05) is 36.6 Å². The number of carbonyl (C=O) groups is 1. The molecule has 1 amide bonds. The van der Waals surface area contributed by atoms with Crippen LogP contribution in [0.2, 0.25) is 0 Å². The summed E-state index contributed by atoms with van der Waals surface area (Å²) in [6, 6.07) is 6.15. The highest BCUT2D eigenvalue weighted by Crippen LogP contribution is 2.26. The van der Waals surface area contributed by atoms with Crippen LogP contribution >= 0.6 is 15.9 Å². The molecule has 1 aromatic carbocycles. The van der Waals surface area contributed by atoms with Gasteiger partial charge in [-0.05, 0) is 58.7 Å². The van der Waals surface area contributed by atoms with Gasteiger partial charge in [0.1, 0.15) is 0 Å². The fourth-order valence-electron chi connectivity index (χ4n) is 4.05. The molecule has 0 aliphatic carbocycles. The van der Waals surface area contributed by atoms with Crippen LogP contribution in [0.5, 0.6) is 0 Å². The first-order chi connectivity index (χ1) is 13.2. The molecular weight excluding hydrogens is 420 g/mol. The molecule has 0 unspecified atom stereocenters. The molecule has 0 bridgehead atoms. The van der Waals surface area contributed by atoms with Gasteiger partial charge in [0, 0.05) is 39.5 Å². The summed E-state index contributed by atoms with van der Waals surface area (Å²) in [4.78, 5) is 17.5. The molecule has 1 aliphatic heterocycles. The molecule has 6 nitrogen and oxygen atoms in total. The number of fused-ring (bicyclic) bond motifs is 3. The summed E-state index contributed by atoms with van der Waals surface area (Å²) in [5, 5.41) is 8.88. The Morgan fingerprint density at radius 2 is 2.18 bits per heavy atom. The lowest BCUT2D eigenvalue weighted by Crippen LogP contribution is -2.46. The standard InChI is InChI=1S/C21H25BrN4O2/c1-12-17(10-19(27)24-15-7-8-28-21(3,4)11-15)13(2)26-20(23-12)16-6-5-14(22)9-18(16)25-26/h5-6,9,15H,7-8,10-11H2,1-4H3,(H,24,27)/t15-/m0/s1. The largest absolute Gasteiger partial charge is 0.375 e. The number of halogens is 1. The quantitative estimate of drug-likeness (QED) is 0.665. The Bertz CT molecular complexity index is 1070. The molecule has 1 fully saturated rings. The van der Waals surface area contributed by atoms with Gasteiger partial charge in [-0.25, -0.2) is 9.50 Å². The number of aryl methyl sites for hydroxylation is 2. The first-order valence-corrected chi connectivity index (χ1v) is 10.4. The van der Waals surface area contributed by atoms with Gasteiger partial charge in [0.25, 0.3) is 0 Å². The Balaban J connectivity index is 1.61. The Labute approximate surface area is 172 Å². The van der Waals surface area contributed by atoms with Crippen LogP contribution in [-0.2, 0) is 16.0 Å². The minimum Gasteiger partial charge on any atom is -0.375 e. The minimum absolute atomic E-state index is 0.0227. The zero-order chi connectivity index (χ0) is 20.1. The van der Waals surface area contributed by atoms with E-state index in [1.54, 1.807) is 0 Å². The van der Waals surface area contributed by atoms with E-state index in [2.05, 4.69) is 35.1 Å². The molecule has 1 N–H and O–H groups in total. The van der Waals surface area contributed by atoms with Gasteiger partial charge < -0.3 is 10.1 Å². The summed E-state index contributed by atoms with van der Waals surface area (Å²) < 4.78 is 8.58. The molecule has 3 aromatic rings. The molecule has 1 saturated heterocycles. The van der Waals surface area contributed by atoms with Crippen LogP contribution < -0.4 is 5.32 Å². The molecule has 0 saturated carbocycles. The number of nitrogens with zero attached hydrogens (tertiary/aromatic N) is 3. The average Bonchev–Trinajstić information content (AvgIpc) is 2.95. The predicted octanol–water partition coefficient (Wildman–Crippen LogP) is 3.88. The molecule has 2 aromatic heterocycles. The average molecular weight is 445 g/mol. The molecule has 0 spiro atoms. The summed E-state index contributed by atoms with van der Waals surface area (Å²) in [7, 11) is 0.